The minimum Gasteiger partial charge on any atom is -0.496 e. The van der Waals surface area contributed by atoms with Crippen LogP contribution in [-0.2, 0) is 11.2 Å². The molecule has 24 heavy (non-hydrogen) atoms. The molecule has 1 N–H and O–H groups in total. The first kappa shape index (κ1) is 16.2. The second-order valence-corrected chi connectivity index (χ2v) is 5.65. The van der Waals surface area contributed by atoms with Crippen molar-refractivity contribution >= 4 is 11.6 Å². The summed E-state index contributed by atoms with van der Waals surface area (Å²) in [6, 6.07) is 15.7. The Balaban J connectivity index is 1.52. The molecule has 0 fully saturated rings. The minimum absolute atomic E-state index is 0.0154. The van der Waals surface area contributed by atoms with Crippen LogP contribution in [-0.4, -0.2) is 39.3 Å². The Morgan fingerprint density at radius 1 is 1.21 bits per heavy atom. The molecule has 0 radical (unpaired) electrons. The number of para-hydroxylation sites is 3. The molecule has 0 aromatic heterocycles. The molecule has 126 valence electrons. The third-order valence-corrected chi connectivity index (χ3v) is 4.07. The molecule has 5 heteroatoms. The van der Waals surface area contributed by atoms with Gasteiger partial charge in [-0.25, -0.2) is 0 Å². The van der Waals surface area contributed by atoms with Crippen LogP contribution in [0.3, 0.4) is 0 Å². The van der Waals surface area contributed by atoms with Crippen LogP contribution in [0.1, 0.15) is 5.56 Å². The first-order valence-electron chi connectivity index (χ1n) is 8.13. The molecule has 3 rings (SSSR count). The molecule has 0 saturated carbocycles. The van der Waals surface area contributed by atoms with Gasteiger partial charge in [0.05, 0.1) is 25.9 Å². The van der Waals surface area contributed by atoms with Gasteiger partial charge in [0.25, 0.3) is 0 Å². The normalized spacial score (nSPS) is 13.0. The van der Waals surface area contributed by atoms with Crippen molar-refractivity contribution in [3.63, 3.8) is 0 Å². The van der Waals surface area contributed by atoms with E-state index in [0.717, 1.165) is 35.7 Å². The smallest absolute Gasteiger partial charge is 0.239 e. The third kappa shape index (κ3) is 3.79. The number of benzene rings is 2. The summed E-state index contributed by atoms with van der Waals surface area (Å²) in [4.78, 5) is 14.3. The monoisotopic (exact) mass is 326 g/mol. The van der Waals surface area contributed by atoms with Crippen LogP contribution in [0.2, 0.25) is 0 Å². The molecule has 0 saturated heterocycles. The summed E-state index contributed by atoms with van der Waals surface area (Å²) in [7, 11) is 1.66. The lowest BCUT2D eigenvalue weighted by Gasteiger charge is -2.30. The molecule has 0 unspecified atom stereocenters. The molecule has 1 aliphatic rings. The van der Waals surface area contributed by atoms with E-state index in [-0.39, 0.29) is 5.91 Å². The summed E-state index contributed by atoms with van der Waals surface area (Å²) in [5.41, 5.74) is 2.07. The summed E-state index contributed by atoms with van der Waals surface area (Å²) in [5.74, 6) is 1.71. The fourth-order valence-corrected chi connectivity index (χ4v) is 2.87. The average Bonchev–Trinajstić information content (AvgIpc) is 2.62. The first-order chi connectivity index (χ1) is 11.8. The van der Waals surface area contributed by atoms with Crippen LogP contribution < -0.4 is 19.7 Å². The van der Waals surface area contributed by atoms with Crippen LogP contribution >= 0.6 is 0 Å². The van der Waals surface area contributed by atoms with Crippen LogP contribution in [0.25, 0.3) is 0 Å². The SMILES string of the molecule is COc1ccccc1CCNC(=O)CN1CCOc2ccccc21. The van der Waals surface area contributed by atoms with Crippen LogP contribution in [0.15, 0.2) is 48.5 Å². The summed E-state index contributed by atoms with van der Waals surface area (Å²) < 4.78 is 10.9. The van der Waals surface area contributed by atoms with Crippen molar-refractivity contribution in [1.82, 2.24) is 5.32 Å². The lowest BCUT2D eigenvalue weighted by atomic mass is 10.1. The highest BCUT2D eigenvalue weighted by atomic mass is 16.5. The van der Waals surface area contributed by atoms with Crippen molar-refractivity contribution in [2.24, 2.45) is 0 Å². The van der Waals surface area contributed by atoms with Crippen molar-refractivity contribution in [2.45, 2.75) is 6.42 Å². The third-order valence-electron chi connectivity index (χ3n) is 4.07. The fraction of sp³-hybridized carbons (Fsp3) is 0.316. The second kappa shape index (κ2) is 7.73. The Bertz CT molecular complexity index is 703. The zero-order valence-electron chi connectivity index (χ0n) is 13.8. The van der Waals surface area contributed by atoms with Crippen molar-refractivity contribution in [2.75, 3.05) is 38.3 Å². The molecule has 2 aromatic carbocycles. The molecule has 1 aliphatic heterocycles. The number of hydrogen-bond acceptors (Lipinski definition) is 4. The highest BCUT2D eigenvalue weighted by Gasteiger charge is 2.19. The van der Waals surface area contributed by atoms with Gasteiger partial charge in [-0.15, -0.1) is 0 Å². The molecular formula is C19H22N2O3. The maximum Gasteiger partial charge on any atom is 0.239 e. The standard InChI is InChI=1S/C19H22N2O3/c1-23-17-8-4-2-6-15(17)10-11-20-19(22)14-21-12-13-24-18-9-5-3-7-16(18)21/h2-9H,10-14H2,1H3,(H,20,22). The van der Waals surface area contributed by atoms with Gasteiger partial charge in [0, 0.05) is 6.54 Å². The summed E-state index contributed by atoms with van der Waals surface area (Å²) in [6.07, 6.45) is 0.745. The number of fused-ring (bicyclic) bond motifs is 1. The zero-order valence-corrected chi connectivity index (χ0v) is 13.8. The Morgan fingerprint density at radius 3 is 2.88 bits per heavy atom. The van der Waals surface area contributed by atoms with Crippen LogP contribution in [0, 0.1) is 0 Å². The Kier molecular flexibility index (Phi) is 5.21. The van der Waals surface area contributed by atoms with Gasteiger partial charge in [-0.05, 0) is 30.2 Å². The molecule has 5 nitrogen and oxygen atoms in total. The quantitative estimate of drug-likeness (QED) is 0.885. The molecular weight excluding hydrogens is 304 g/mol. The summed E-state index contributed by atoms with van der Waals surface area (Å²) >= 11 is 0. The first-order valence-corrected chi connectivity index (χ1v) is 8.13. The summed E-state index contributed by atoms with van der Waals surface area (Å²) in [6.45, 7) is 2.25. The Hall–Kier alpha value is -2.69. The van der Waals surface area contributed by atoms with E-state index in [1.54, 1.807) is 7.11 Å². The van der Waals surface area contributed by atoms with Gasteiger partial charge in [0.1, 0.15) is 18.1 Å². The fourth-order valence-electron chi connectivity index (χ4n) is 2.87. The number of nitrogens with zero attached hydrogens (tertiary/aromatic N) is 1. The minimum atomic E-state index is 0.0154. The number of ether oxygens (including phenoxy) is 2. The van der Waals surface area contributed by atoms with Crippen molar-refractivity contribution in [1.29, 1.82) is 0 Å². The number of carbonyl (C=O) groups is 1. The van der Waals surface area contributed by atoms with Crippen molar-refractivity contribution in [3.8, 4) is 11.5 Å². The van der Waals surface area contributed by atoms with Gasteiger partial charge in [-0.2, -0.15) is 0 Å². The van der Waals surface area contributed by atoms with E-state index in [1.165, 1.54) is 0 Å². The van der Waals surface area contributed by atoms with Crippen LogP contribution in [0.5, 0.6) is 11.5 Å². The maximum atomic E-state index is 12.2. The molecule has 2 aromatic rings. The molecule has 1 heterocycles. The topological polar surface area (TPSA) is 50.8 Å². The van der Waals surface area contributed by atoms with Gasteiger partial charge >= 0.3 is 0 Å². The molecule has 0 aliphatic carbocycles. The van der Waals surface area contributed by atoms with E-state index >= 15 is 0 Å². The number of anilines is 1. The van der Waals surface area contributed by atoms with E-state index in [2.05, 4.69) is 10.2 Å². The number of methoxy groups -OCH3 is 1. The molecule has 0 spiro atoms. The Labute approximate surface area is 142 Å². The van der Waals surface area contributed by atoms with E-state index in [9.17, 15) is 4.79 Å². The summed E-state index contributed by atoms with van der Waals surface area (Å²) in [5, 5.41) is 2.98. The Morgan fingerprint density at radius 2 is 2.00 bits per heavy atom. The van der Waals surface area contributed by atoms with Gasteiger partial charge in [0.2, 0.25) is 5.91 Å². The van der Waals surface area contributed by atoms with E-state index < -0.39 is 0 Å². The predicted molar refractivity (Wildman–Crippen MR) is 93.9 cm³/mol. The van der Waals surface area contributed by atoms with Crippen molar-refractivity contribution in [3.05, 3.63) is 54.1 Å². The van der Waals surface area contributed by atoms with E-state index in [4.69, 9.17) is 9.47 Å². The van der Waals surface area contributed by atoms with Gasteiger partial charge in [0.15, 0.2) is 0 Å². The molecule has 0 atom stereocenters. The van der Waals surface area contributed by atoms with E-state index in [1.807, 2.05) is 48.5 Å². The number of carbonyl (C=O) groups excluding carboxylic acids is 1. The second-order valence-electron chi connectivity index (χ2n) is 5.65. The highest BCUT2D eigenvalue weighted by molar-refractivity contribution is 5.82. The largest absolute Gasteiger partial charge is 0.496 e. The van der Waals surface area contributed by atoms with Gasteiger partial charge < -0.3 is 19.7 Å². The van der Waals surface area contributed by atoms with E-state index in [0.29, 0.717) is 19.7 Å². The number of nitrogens with one attached hydrogen (secondary N) is 1. The predicted octanol–water partition coefficient (Wildman–Crippen LogP) is 2.25. The maximum absolute atomic E-state index is 12.2. The zero-order chi connectivity index (χ0) is 16.8. The lowest BCUT2D eigenvalue weighted by molar-refractivity contribution is -0.119. The lowest BCUT2D eigenvalue weighted by Crippen LogP contribution is -2.41. The highest BCUT2D eigenvalue weighted by Crippen LogP contribution is 2.30. The van der Waals surface area contributed by atoms with Crippen LogP contribution in [0.4, 0.5) is 5.69 Å². The molecule has 0 bridgehead atoms. The number of amides is 1. The average molecular weight is 326 g/mol. The number of rotatable bonds is 6. The number of hydrogen-bond donors (Lipinski definition) is 1. The van der Waals surface area contributed by atoms with Crippen molar-refractivity contribution < 1.29 is 14.3 Å². The van der Waals surface area contributed by atoms with Gasteiger partial charge in [-0.3, -0.25) is 4.79 Å². The van der Waals surface area contributed by atoms with Gasteiger partial charge in [-0.1, -0.05) is 30.3 Å². The molecule has 1 amide bonds.